The minimum absolute atomic E-state index is 0.0538. The van der Waals surface area contributed by atoms with E-state index in [-0.39, 0.29) is 6.04 Å². The number of aromatic hydroxyl groups is 1. The summed E-state index contributed by atoms with van der Waals surface area (Å²) in [5, 5.41) is 9.20. The summed E-state index contributed by atoms with van der Waals surface area (Å²) in [5.41, 5.74) is 7.32. The molecule has 15 heavy (non-hydrogen) atoms. The summed E-state index contributed by atoms with van der Waals surface area (Å²) >= 11 is 0. The lowest BCUT2D eigenvalue weighted by Gasteiger charge is -2.26. The van der Waals surface area contributed by atoms with E-state index < -0.39 is 0 Å². The molecule has 3 nitrogen and oxygen atoms in total. The molecule has 0 amide bonds. The first-order valence-corrected chi connectivity index (χ1v) is 5.43. The maximum Gasteiger partial charge on any atom is 0.115 e. The maximum absolute atomic E-state index is 9.20. The molecule has 82 valence electrons. The van der Waals surface area contributed by atoms with Crippen LogP contribution in [0.3, 0.4) is 0 Å². The molecule has 1 aliphatic heterocycles. The lowest BCUT2D eigenvalue weighted by Crippen LogP contribution is -2.35. The largest absolute Gasteiger partial charge is 0.508 e. The summed E-state index contributed by atoms with van der Waals surface area (Å²) in [5.74, 6) is 0.297. The number of nitrogens with zero attached hydrogens (tertiary/aromatic N) is 1. The molecule has 3 heteroatoms. The highest BCUT2D eigenvalue weighted by Crippen LogP contribution is 2.27. The van der Waals surface area contributed by atoms with Gasteiger partial charge in [-0.3, -0.25) is 0 Å². The number of phenols is 1. The van der Waals surface area contributed by atoms with Gasteiger partial charge in [0.15, 0.2) is 0 Å². The Hall–Kier alpha value is -1.06. The molecule has 0 bridgehead atoms. The molecule has 1 aromatic rings. The molecule has 2 rings (SSSR count). The van der Waals surface area contributed by atoms with Gasteiger partial charge < -0.3 is 15.7 Å². The summed E-state index contributed by atoms with van der Waals surface area (Å²) in [6.45, 7) is 1.14. The Morgan fingerprint density at radius 2 is 2.07 bits per heavy atom. The van der Waals surface area contributed by atoms with Crippen LogP contribution in [0.5, 0.6) is 5.75 Å². The summed E-state index contributed by atoms with van der Waals surface area (Å²) in [6.07, 6.45) is 2.39. The van der Waals surface area contributed by atoms with Crippen molar-refractivity contribution in [3.63, 3.8) is 0 Å². The van der Waals surface area contributed by atoms with Crippen molar-refractivity contribution in [3.8, 4) is 5.75 Å². The molecule has 0 radical (unpaired) electrons. The van der Waals surface area contributed by atoms with Gasteiger partial charge in [-0.05, 0) is 44.1 Å². The van der Waals surface area contributed by atoms with Crippen molar-refractivity contribution in [3.05, 3.63) is 29.8 Å². The lowest BCUT2D eigenvalue weighted by molar-refractivity contribution is 0.273. The van der Waals surface area contributed by atoms with Crippen molar-refractivity contribution < 1.29 is 5.11 Å². The third kappa shape index (κ3) is 2.13. The molecule has 1 saturated heterocycles. The standard InChI is InChI=1S/C12H18N2O/c1-14-8-2-3-11(14)12(13)9-4-6-10(15)7-5-9/h4-7,11-12,15H,2-3,8,13H2,1H3. The highest BCUT2D eigenvalue weighted by molar-refractivity contribution is 5.28. The number of hydrogen-bond donors (Lipinski definition) is 2. The van der Waals surface area contributed by atoms with Crippen LogP contribution in [0.2, 0.25) is 0 Å². The van der Waals surface area contributed by atoms with Crippen LogP contribution in [-0.2, 0) is 0 Å². The molecule has 2 atom stereocenters. The normalized spacial score (nSPS) is 24.3. The van der Waals surface area contributed by atoms with Gasteiger partial charge in [-0.1, -0.05) is 12.1 Å². The highest BCUT2D eigenvalue weighted by Gasteiger charge is 2.27. The minimum Gasteiger partial charge on any atom is -0.508 e. The van der Waals surface area contributed by atoms with Crippen molar-refractivity contribution in [2.24, 2.45) is 5.73 Å². The molecule has 2 unspecified atom stereocenters. The van der Waals surface area contributed by atoms with E-state index in [1.54, 1.807) is 12.1 Å². The average molecular weight is 206 g/mol. The predicted molar refractivity (Wildman–Crippen MR) is 60.7 cm³/mol. The highest BCUT2D eigenvalue weighted by atomic mass is 16.3. The minimum atomic E-state index is 0.0538. The third-order valence-electron chi connectivity index (χ3n) is 3.27. The topological polar surface area (TPSA) is 49.5 Å². The first-order chi connectivity index (χ1) is 7.18. The van der Waals surface area contributed by atoms with E-state index in [1.165, 1.54) is 12.8 Å². The second kappa shape index (κ2) is 4.21. The number of likely N-dealkylation sites (N-methyl/N-ethyl adjacent to an activating group) is 1. The first-order valence-electron chi connectivity index (χ1n) is 5.43. The molecular formula is C12H18N2O. The smallest absolute Gasteiger partial charge is 0.115 e. The molecule has 1 heterocycles. The first kappa shape index (κ1) is 10.5. The lowest BCUT2D eigenvalue weighted by atomic mass is 9.98. The van der Waals surface area contributed by atoms with Crippen LogP contribution in [0.1, 0.15) is 24.4 Å². The van der Waals surface area contributed by atoms with E-state index >= 15 is 0 Å². The Kier molecular flexibility index (Phi) is 2.93. The van der Waals surface area contributed by atoms with E-state index in [4.69, 9.17) is 5.73 Å². The van der Waals surface area contributed by atoms with E-state index in [1.807, 2.05) is 12.1 Å². The molecule has 3 N–H and O–H groups in total. The molecule has 0 aliphatic carbocycles. The quantitative estimate of drug-likeness (QED) is 0.770. The Labute approximate surface area is 90.5 Å². The number of rotatable bonds is 2. The molecule has 0 saturated carbocycles. The zero-order valence-corrected chi connectivity index (χ0v) is 9.06. The maximum atomic E-state index is 9.20. The SMILES string of the molecule is CN1CCCC1C(N)c1ccc(O)cc1. The Morgan fingerprint density at radius 3 is 2.60 bits per heavy atom. The number of nitrogens with two attached hydrogens (primary N) is 1. The molecule has 1 aromatic carbocycles. The van der Waals surface area contributed by atoms with Gasteiger partial charge in [0.2, 0.25) is 0 Å². The zero-order chi connectivity index (χ0) is 10.8. The van der Waals surface area contributed by atoms with E-state index in [0.717, 1.165) is 12.1 Å². The van der Waals surface area contributed by atoms with Crippen molar-refractivity contribution >= 4 is 0 Å². The van der Waals surface area contributed by atoms with Crippen LogP contribution in [0, 0.1) is 0 Å². The number of phenolic OH excluding ortho intramolecular Hbond substituents is 1. The van der Waals surface area contributed by atoms with E-state index in [9.17, 15) is 5.11 Å². The van der Waals surface area contributed by atoms with Crippen LogP contribution in [-0.4, -0.2) is 29.6 Å². The number of hydrogen-bond acceptors (Lipinski definition) is 3. The monoisotopic (exact) mass is 206 g/mol. The Balaban J connectivity index is 2.13. The van der Waals surface area contributed by atoms with Gasteiger partial charge in [-0.25, -0.2) is 0 Å². The van der Waals surface area contributed by atoms with Gasteiger partial charge in [0.05, 0.1) is 0 Å². The average Bonchev–Trinajstić information content (AvgIpc) is 2.65. The van der Waals surface area contributed by atoms with Crippen LogP contribution in [0.4, 0.5) is 0 Å². The van der Waals surface area contributed by atoms with Gasteiger partial charge in [0.1, 0.15) is 5.75 Å². The van der Waals surface area contributed by atoms with Gasteiger partial charge in [0, 0.05) is 12.1 Å². The Morgan fingerprint density at radius 1 is 1.40 bits per heavy atom. The van der Waals surface area contributed by atoms with E-state index in [2.05, 4.69) is 11.9 Å². The van der Waals surface area contributed by atoms with Gasteiger partial charge >= 0.3 is 0 Å². The van der Waals surface area contributed by atoms with Crippen molar-refractivity contribution in [2.45, 2.75) is 24.9 Å². The number of likely N-dealkylation sites (tertiary alicyclic amines) is 1. The summed E-state index contributed by atoms with van der Waals surface area (Å²) < 4.78 is 0. The van der Waals surface area contributed by atoms with Crippen LogP contribution in [0.15, 0.2) is 24.3 Å². The molecular weight excluding hydrogens is 188 g/mol. The molecule has 1 fully saturated rings. The second-order valence-electron chi connectivity index (χ2n) is 4.31. The van der Waals surface area contributed by atoms with Crippen molar-refractivity contribution in [1.82, 2.24) is 4.90 Å². The summed E-state index contributed by atoms with van der Waals surface area (Å²) in [6, 6.07) is 7.71. The summed E-state index contributed by atoms with van der Waals surface area (Å²) in [7, 11) is 2.12. The summed E-state index contributed by atoms with van der Waals surface area (Å²) in [4.78, 5) is 2.32. The van der Waals surface area contributed by atoms with E-state index in [0.29, 0.717) is 11.8 Å². The second-order valence-corrected chi connectivity index (χ2v) is 4.31. The number of benzene rings is 1. The van der Waals surface area contributed by atoms with Gasteiger partial charge in [-0.2, -0.15) is 0 Å². The molecule has 1 aliphatic rings. The van der Waals surface area contributed by atoms with Crippen molar-refractivity contribution in [2.75, 3.05) is 13.6 Å². The van der Waals surface area contributed by atoms with Crippen LogP contribution >= 0.6 is 0 Å². The van der Waals surface area contributed by atoms with Crippen LogP contribution < -0.4 is 5.73 Å². The van der Waals surface area contributed by atoms with Gasteiger partial charge in [0.25, 0.3) is 0 Å². The van der Waals surface area contributed by atoms with Gasteiger partial charge in [-0.15, -0.1) is 0 Å². The molecule has 0 aromatic heterocycles. The Bertz CT molecular complexity index is 323. The van der Waals surface area contributed by atoms with Crippen molar-refractivity contribution in [1.29, 1.82) is 0 Å². The van der Waals surface area contributed by atoms with Crippen LogP contribution in [0.25, 0.3) is 0 Å². The fraction of sp³-hybridized carbons (Fsp3) is 0.500. The fourth-order valence-corrected chi connectivity index (χ4v) is 2.31. The fourth-order valence-electron chi connectivity index (χ4n) is 2.31. The third-order valence-corrected chi connectivity index (χ3v) is 3.27. The molecule has 0 spiro atoms. The predicted octanol–water partition coefficient (Wildman–Crippen LogP) is 1.49. The zero-order valence-electron chi connectivity index (χ0n) is 9.06.